The Balaban J connectivity index is 1.87. The van der Waals surface area contributed by atoms with Gasteiger partial charge in [-0.15, -0.1) is 0 Å². The molecular weight excluding hydrogens is 318 g/mol. The van der Waals surface area contributed by atoms with Gasteiger partial charge in [0.05, 0.1) is 29.0 Å². The van der Waals surface area contributed by atoms with Crippen LogP contribution in [0.1, 0.15) is 50.5 Å². The molecule has 1 fully saturated rings. The molecule has 3 heterocycles. The van der Waals surface area contributed by atoms with Crippen LogP contribution in [0.25, 0.3) is 11.0 Å². The molecule has 7 nitrogen and oxygen atoms in total. The average Bonchev–Trinajstić information content (AvgIpc) is 3.18. The van der Waals surface area contributed by atoms with E-state index in [0.717, 1.165) is 67.8 Å². The lowest BCUT2D eigenvalue weighted by Crippen LogP contribution is -2.31. The summed E-state index contributed by atoms with van der Waals surface area (Å²) in [5.41, 5.74) is 9.24. The highest BCUT2D eigenvalue weighted by molar-refractivity contribution is 5.96. The van der Waals surface area contributed by atoms with Crippen LogP contribution >= 0.6 is 0 Å². The number of nitrogens with one attached hydrogen (secondary N) is 1. The van der Waals surface area contributed by atoms with Gasteiger partial charge in [-0.1, -0.05) is 12.8 Å². The Morgan fingerprint density at radius 3 is 2.84 bits per heavy atom. The second-order valence-corrected chi connectivity index (χ2v) is 7.23. The van der Waals surface area contributed by atoms with Gasteiger partial charge in [0, 0.05) is 13.2 Å². The van der Waals surface area contributed by atoms with Crippen LogP contribution in [0.4, 0.5) is 11.5 Å². The first kappa shape index (κ1) is 16.6. The van der Waals surface area contributed by atoms with Gasteiger partial charge in [-0.05, 0) is 32.6 Å². The number of nitrogens with two attached hydrogens (primary N) is 1. The second kappa shape index (κ2) is 6.46. The number of nitrogen functional groups attached to an aromatic ring is 1. The van der Waals surface area contributed by atoms with Gasteiger partial charge < -0.3 is 25.5 Å². The molecule has 0 aromatic carbocycles. The van der Waals surface area contributed by atoms with Crippen LogP contribution in [-0.2, 0) is 24.3 Å². The van der Waals surface area contributed by atoms with Gasteiger partial charge in [0.1, 0.15) is 17.9 Å². The topological polar surface area (TPSA) is 98.2 Å². The molecule has 4 N–H and O–H groups in total. The Kier molecular flexibility index (Phi) is 4.29. The van der Waals surface area contributed by atoms with Crippen molar-refractivity contribution in [2.45, 2.75) is 64.2 Å². The van der Waals surface area contributed by atoms with Crippen molar-refractivity contribution in [2.75, 3.05) is 24.2 Å². The monoisotopic (exact) mass is 345 g/mol. The highest BCUT2D eigenvalue weighted by Gasteiger charge is 2.34. The number of aliphatic hydroxyl groups is 1. The number of aryl methyl sites for hydroxylation is 1. The fraction of sp³-hybridized carbons (Fsp3) is 0.667. The zero-order valence-electron chi connectivity index (χ0n) is 14.8. The van der Waals surface area contributed by atoms with Crippen molar-refractivity contribution in [2.24, 2.45) is 0 Å². The van der Waals surface area contributed by atoms with Gasteiger partial charge >= 0.3 is 0 Å². The van der Waals surface area contributed by atoms with E-state index in [2.05, 4.69) is 14.9 Å². The molecule has 1 saturated carbocycles. The van der Waals surface area contributed by atoms with Gasteiger partial charge in [0.15, 0.2) is 5.82 Å². The number of ether oxygens (including phenoxy) is 1. The molecular formula is C18H27N5O2. The third kappa shape index (κ3) is 2.95. The maximum atomic E-state index is 11.0. The minimum atomic E-state index is -0.672. The number of anilines is 2. The molecule has 4 rings (SSSR count). The molecule has 25 heavy (non-hydrogen) atoms. The number of fused-ring (bicyclic) bond motifs is 3. The minimum Gasteiger partial charge on any atom is -0.388 e. The zero-order chi connectivity index (χ0) is 17.4. The van der Waals surface area contributed by atoms with Gasteiger partial charge in [-0.25, -0.2) is 9.97 Å². The molecule has 2 aromatic rings. The number of hydrogen-bond donors (Lipinski definition) is 3. The highest BCUT2D eigenvalue weighted by atomic mass is 16.5. The Labute approximate surface area is 147 Å². The van der Waals surface area contributed by atoms with Crippen LogP contribution in [0.3, 0.4) is 0 Å². The number of imidazole rings is 1. The van der Waals surface area contributed by atoms with Crippen LogP contribution in [-0.4, -0.2) is 38.4 Å². The smallest absolute Gasteiger partial charge is 0.152 e. The summed E-state index contributed by atoms with van der Waals surface area (Å²) in [5, 5.41) is 14.5. The predicted octanol–water partition coefficient (Wildman–Crippen LogP) is 2.21. The van der Waals surface area contributed by atoms with E-state index in [4.69, 9.17) is 15.5 Å². The molecule has 2 aromatic heterocycles. The summed E-state index contributed by atoms with van der Waals surface area (Å²) in [5.74, 6) is 1.28. The van der Waals surface area contributed by atoms with E-state index in [-0.39, 0.29) is 0 Å². The number of rotatable bonds is 5. The fourth-order valence-electron chi connectivity index (χ4n) is 4.12. The molecule has 0 saturated heterocycles. The zero-order valence-corrected chi connectivity index (χ0v) is 14.8. The number of pyridine rings is 1. The molecule has 0 amide bonds. The van der Waals surface area contributed by atoms with Crippen molar-refractivity contribution in [3.63, 3.8) is 0 Å². The fourth-order valence-corrected chi connectivity index (χ4v) is 4.12. The summed E-state index contributed by atoms with van der Waals surface area (Å²) >= 11 is 0. The Morgan fingerprint density at radius 1 is 1.28 bits per heavy atom. The summed E-state index contributed by atoms with van der Waals surface area (Å²) in [6.45, 7) is 4.46. The van der Waals surface area contributed by atoms with Crippen molar-refractivity contribution in [1.29, 1.82) is 0 Å². The Bertz CT molecular complexity index is 780. The third-order valence-corrected chi connectivity index (χ3v) is 5.38. The first-order valence-corrected chi connectivity index (χ1v) is 9.33. The van der Waals surface area contributed by atoms with Crippen LogP contribution in [0.2, 0.25) is 0 Å². The van der Waals surface area contributed by atoms with E-state index in [0.29, 0.717) is 31.1 Å². The van der Waals surface area contributed by atoms with Gasteiger partial charge in [-0.2, -0.15) is 0 Å². The summed E-state index contributed by atoms with van der Waals surface area (Å²) < 4.78 is 7.74. The van der Waals surface area contributed by atoms with Crippen molar-refractivity contribution in [1.82, 2.24) is 14.5 Å². The first-order valence-electron chi connectivity index (χ1n) is 9.33. The second-order valence-electron chi connectivity index (χ2n) is 7.23. The molecule has 0 unspecified atom stereocenters. The van der Waals surface area contributed by atoms with Crippen LogP contribution in [0.5, 0.6) is 0 Å². The molecule has 0 radical (unpaired) electrons. The van der Waals surface area contributed by atoms with E-state index in [1.807, 2.05) is 6.92 Å². The molecule has 1 aliphatic carbocycles. The molecule has 0 atom stereocenters. The van der Waals surface area contributed by atoms with E-state index in [1.165, 1.54) is 0 Å². The average molecular weight is 345 g/mol. The molecule has 1 aliphatic heterocycles. The van der Waals surface area contributed by atoms with Crippen molar-refractivity contribution in [3.8, 4) is 0 Å². The normalized spacial score (nSPS) is 19.1. The number of hydrogen-bond acceptors (Lipinski definition) is 6. The largest absolute Gasteiger partial charge is 0.388 e. The minimum absolute atomic E-state index is 0.412. The third-order valence-electron chi connectivity index (χ3n) is 5.38. The molecule has 7 heteroatoms. The van der Waals surface area contributed by atoms with Crippen molar-refractivity contribution < 1.29 is 9.84 Å². The van der Waals surface area contributed by atoms with Gasteiger partial charge in [0.25, 0.3) is 0 Å². The van der Waals surface area contributed by atoms with E-state index in [1.54, 1.807) is 0 Å². The Hall–Kier alpha value is -1.86. The summed E-state index contributed by atoms with van der Waals surface area (Å²) in [6.07, 6.45) is 5.77. The van der Waals surface area contributed by atoms with Gasteiger partial charge in [0.2, 0.25) is 0 Å². The maximum Gasteiger partial charge on any atom is 0.152 e. The summed E-state index contributed by atoms with van der Waals surface area (Å²) in [7, 11) is 0. The lowest BCUT2D eigenvalue weighted by molar-refractivity contribution is 0.0281. The Morgan fingerprint density at radius 2 is 2.08 bits per heavy atom. The van der Waals surface area contributed by atoms with Gasteiger partial charge in [-0.3, -0.25) is 0 Å². The predicted molar refractivity (Wildman–Crippen MR) is 97.5 cm³/mol. The number of nitrogens with zero attached hydrogens (tertiary/aromatic N) is 3. The molecule has 2 aliphatic rings. The van der Waals surface area contributed by atoms with Crippen molar-refractivity contribution >= 4 is 22.5 Å². The van der Waals surface area contributed by atoms with E-state index >= 15 is 0 Å². The molecule has 0 spiro atoms. The quantitative estimate of drug-likeness (QED) is 0.768. The first-order chi connectivity index (χ1) is 12.1. The lowest BCUT2D eigenvalue weighted by atomic mass is 10.0. The van der Waals surface area contributed by atoms with Crippen LogP contribution in [0, 0.1) is 0 Å². The SMILES string of the molecule is CCOCc1nc2c(N)nc3c(c2n1CC1(O)CCCC1)NCCC3. The standard InChI is InChI=1S/C18H27N5O2/c1-2-25-10-13-22-15-16(23(13)11-18(24)7-3-4-8-18)14-12(21-17(15)19)6-5-9-20-14/h20,24H,2-11H2,1H3,(H2,19,21). The van der Waals surface area contributed by atoms with Crippen molar-refractivity contribution in [3.05, 3.63) is 11.5 Å². The number of aromatic nitrogens is 3. The summed E-state index contributed by atoms with van der Waals surface area (Å²) in [6, 6.07) is 0. The molecule has 0 bridgehead atoms. The lowest BCUT2D eigenvalue weighted by Gasteiger charge is -2.26. The van der Waals surface area contributed by atoms with Crippen LogP contribution in [0.15, 0.2) is 0 Å². The summed E-state index contributed by atoms with van der Waals surface area (Å²) in [4.78, 5) is 9.29. The van der Waals surface area contributed by atoms with Crippen LogP contribution < -0.4 is 11.1 Å². The van der Waals surface area contributed by atoms with E-state index < -0.39 is 5.60 Å². The highest BCUT2D eigenvalue weighted by Crippen LogP contribution is 2.37. The van der Waals surface area contributed by atoms with E-state index in [9.17, 15) is 5.11 Å². The molecule has 136 valence electrons. The maximum absolute atomic E-state index is 11.0.